The van der Waals surface area contributed by atoms with Gasteiger partial charge >= 0.3 is 0 Å². The Bertz CT molecular complexity index is 913. The first kappa shape index (κ1) is 17.3. The Morgan fingerprint density at radius 2 is 1.59 bits per heavy atom. The summed E-state index contributed by atoms with van der Waals surface area (Å²) in [7, 11) is 0. The van der Waals surface area contributed by atoms with Gasteiger partial charge in [-0.1, -0.05) is 48.9 Å². The summed E-state index contributed by atoms with van der Waals surface area (Å²) >= 11 is 0. The average molecular weight is 361 g/mol. The maximum absolute atomic E-state index is 13.2. The quantitative estimate of drug-likeness (QED) is 0.821. The lowest BCUT2D eigenvalue weighted by Gasteiger charge is -2.46. The van der Waals surface area contributed by atoms with Crippen LogP contribution in [0.2, 0.25) is 0 Å². The number of anilines is 1. The smallest absolute Gasteiger partial charge is 0.220 e. The van der Waals surface area contributed by atoms with Gasteiger partial charge in [-0.2, -0.15) is 4.99 Å². The normalized spacial score (nSPS) is 18.7. The van der Waals surface area contributed by atoms with Crippen molar-refractivity contribution in [2.24, 2.45) is 21.5 Å². The highest BCUT2D eigenvalue weighted by molar-refractivity contribution is 6.15. The lowest BCUT2D eigenvalue weighted by Crippen LogP contribution is -2.58. The molecule has 1 aliphatic heterocycles. The zero-order valence-corrected chi connectivity index (χ0v) is 15.1. The van der Waals surface area contributed by atoms with E-state index in [1.807, 2.05) is 59.5 Å². The summed E-state index contributed by atoms with van der Waals surface area (Å²) < 4.78 is 0. The van der Waals surface area contributed by atoms with E-state index in [0.29, 0.717) is 11.1 Å². The lowest BCUT2D eigenvalue weighted by molar-refractivity contribution is 0.103. The Morgan fingerprint density at radius 1 is 0.926 bits per heavy atom. The highest BCUT2D eigenvalue weighted by atomic mass is 16.1. The summed E-state index contributed by atoms with van der Waals surface area (Å²) in [6.45, 7) is 0. The third kappa shape index (κ3) is 3.07. The second-order valence-electron chi connectivity index (χ2n) is 7.03. The van der Waals surface area contributed by atoms with Crippen molar-refractivity contribution in [3.8, 4) is 0 Å². The Balaban J connectivity index is 1.83. The third-order valence-electron chi connectivity index (χ3n) is 5.28. The van der Waals surface area contributed by atoms with E-state index in [-0.39, 0.29) is 17.7 Å². The van der Waals surface area contributed by atoms with E-state index in [1.165, 1.54) is 0 Å². The molecule has 0 unspecified atom stereocenters. The van der Waals surface area contributed by atoms with Crippen molar-refractivity contribution in [3.05, 3.63) is 65.7 Å². The molecule has 0 aromatic heterocycles. The average Bonchev–Trinajstić information content (AvgIpc) is 2.68. The standard InChI is InChI=1S/C21H23N5O/c22-19-24-20(23)26(21(25-19)13-7-2-8-14-21)17-12-6-5-11-16(17)18(27)15-9-3-1-4-10-15/h1,3-6,9-12H,2,7-8,13-14H2,(H4,22,23,24,25). The van der Waals surface area contributed by atoms with Crippen molar-refractivity contribution < 1.29 is 4.79 Å². The SMILES string of the molecule is NC1=NC2(CCCCC2)N(c2ccccc2C(=O)c2ccccc2)C(N)=N1. The molecular weight excluding hydrogens is 338 g/mol. The van der Waals surface area contributed by atoms with Gasteiger partial charge in [0.1, 0.15) is 5.66 Å². The first-order chi connectivity index (χ1) is 13.1. The Morgan fingerprint density at radius 3 is 2.33 bits per heavy atom. The van der Waals surface area contributed by atoms with Crippen LogP contribution >= 0.6 is 0 Å². The second kappa shape index (κ2) is 6.87. The number of rotatable bonds is 3. The number of para-hydroxylation sites is 1. The monoisotopic (exact) mass is 361 g/mol. The predicted molar refractivity (Wildman–Crippen MR) is 108 cm³/mol. The summed E-state index contributed by atoms with van der Waals surface area (Å²) in [5.41, 5.74) is 13.6. The third-order valence-corrected chi connectivity index (χ3v) is 5.28. The van der Waals surface area contributed by atoms with Crippen molar-refractivity contribution in [3.63, 3.8) is 0 Å². The summed E-state index contributed by atoms with van der Waals surface area (Å²) in [6, 6.07) is 16.8. The number of guanidine groups is 2. The van der Waals surface area contributed by atoms with Gasteiger partial charge in [-0.05, 0) is 37.8 Å². The lowest BCUT2D eigenvalue weighted by atomic mass is 9.86. The van der Waals surface area contributed by atoms with Gasteiger partial charge in [-0.3, -0.25) is 9.69 Å². The number of hydrogen-bond acceptors (Lipinski definition) is 6. The van der Waals surface area contributed by atoms with Crippen LogP contribution in [0.3, 0.4) is 0 Å². The molecule has 0 radical (unpaired) electrons. The van der Waals surface area contributed by atoms with Crippen LogP contribution in [-0.2, 0) is 0 Å². The molecule has 6 heteroatoms. The molecule has 0 saturated heterocycles. The molecular formula is C21H23N5O. The minimum atomic E-state index is -0.568. The molecule has 4 N–H and O–H groups in total. The second-order valence-corrected chi connectivity index (χ2v) is 7.03. The number of aliphatic imine (C=N–C) groups is 2. The highest BCUT2D eigenvalue weighted by Gasteiger charge is 2.43. The fourth-order valence-corrected chi connectivity index (χ4v) is 4.08. The molecule has 6 nitrogen and oxygen atoms in total. The van der Waals surface area contributed by atoms with Gasteiger partial charge in [-0.25, -0.2) is 4.99 Å². The minimum Gasteiger partial charge on any atom is -0.369 e. The molecule has 1 aliphatic carbocycles. The van der Waals surface area contributed by atoms with Gasteiger partial charge in [0.2, 0.25) is 11.9 Å². The molecule has 2 aliphatic rings. The van der Waals surface area contributed by atoms with E-state index < -0.39 is 5.66 Å². The topological polar surface area (TPSA) is 97.1 Å². The van der Waals surface area contributed by atoms with E-state index in [0.717, 1.165) is 37.8 Å². The van der Waals surface area contributed by atoms with E-state index in [2.05, 4.69) is 4.99 Å². The van der Waals surface area contributed by atoms with Crippen LogP contribution in [0.4, 0.5) is 5.69 Å². The molecule has 2 aromatic rings. The molecule has 1 saturated carbocycles. The first-order valence-electron chi connectivity index (χ1n) is 9.29. The highest BCUT2D eigenvalue weighted by Crippen LogP contribution is 2.40. The summed E-state index contributed by atoms with van der Waals surface area (Å²) in [5, 5.41) is 0. The number of nitrogens with zero attached hydrogens (tertiary/aromatic N) is 3. The van der Waals surface area contributed by atoms with Crippen LogP contribution in [0, 0.1) is 0 Å². The molecule has 2 aromatic carbocycles. The fraction of sp³-hybridized carbons (Fsp3) is 0.286. The molecule has 138 valence electrons. The van der Waals surface area contributed by atoms with Gasteiger partial charge in [0.05, 0.1) is 5.69 Å². The van der Waals surface area contributed by atoms with Crippen LogP contribution < -0.4 is 16.4 Å². The molecule has 1 fully saturated rings. The van der Waals surface area contributed by atoms with Gasteiger partial charge in [0.15, 0.2) is 5.78 Å². The Hall–Kier alpha value is -3.15. The van der Waals surface area contributed by atoms with Gasteiger partial charge in [-0.15, -0.1) is 0 Å². The van der Waals surface area contributed by atoms with E-state index in [9.17, 15) is 4.79 Å². The van der Waals surface area contributed by atoms with Crippen LogP contribution in [0.5, 0.6) is 0 Å². The fourth-order valence-electron chi connectivity index (χ4n) is 4.08. The van der Waals surface area contributed by atoms with Crippen molar-refractivity contribution >= 4 is 23.4 Å². The van der Waals surface area contributed by atoms with Gasteiger partial charge in [0, 0.05) is 11.1 Å². The van der Waals surface area contributed by atoms with Gasteiger partial charge < -0.3 is 11.5 Å². The Kier molecular flexibility index (Phi) is 4.39. The minimum absolute atomic E-state index is 0.0486. The zero-order chi connectivity index (χ0) is 18.9. The molecule has 4 rings (SSSR count). The van der Waals surface area contributed by atoms with Crippen molar-refractivity contribution in [2.75, 3.05) is 4.90 Å². The van der Waals surface area contributed by atoms with E-state index in [1.54, 1.807) is 0 Å². The van der Waals surface area contributed by atoms with E-state index in [4.69, 9.17) is 16.5 Å². The van der Waals surface area contributed by atoms with Crippen molar-refractivity contribution in [2.45, 2.75) is 37.8 Å². The van der Waals surface area contributed by atoms with Crippen molar-refractivity contribution in [1.82, 2.24) is 0 Å². The number of hydrogen-bond donors (Lipinski definition) is 2. The number of nitrogens with two attached hydrogens (primary N) is 2. The van der Waals surface area contributed by atoms with Crippen LogP contribution in [0.15, 0.2) is 64.6 Å². The molecule has 0 amide bonds. The first-order valence-corrected chi connectivity index (χ1v) is 9.29. The molecule has 27 heavy (non-hydrogen) atoms. The maximum atomic E-state index is 13.2. The number of benzene rings is 2. The molecule has 0 bridgehead atoms. The van der Waals surface area contributed by atoms with Crippen molar-refractivity contribution in [1.29, 1.82) is 0 Å². The summed E-state index contributed by atoms with van der Waals surface area (Å²) in [4.78, 5) is 24.0. The molecule has 1 spiro atoms. The molecule has 1 heterocycles. The summed E-state index contributed by atoms with van der Waals surface area (Å²) in [5.74, 6) is 0.447. The number of carbonyl (C=O) groups excluding carboxylic acids is 1. The molecule has 0 atom stereocenters. The number of ketones is 1. The van der Waals surface area contributed by atoms with Crippen LogP contribution in [-0.4, -0.2) is 23.4 Å². The number of carbonyl (C=O) groups is 1. The zero-order valence-electron chi connectivity index (χ0n) is 15.1. The van der Waals surface area contributed by atoms with E-state index >= 15 is 0 Å². The van der Waals surface area contributed by atoms with Gasteiger partial charge in [0.25, 0.3) is 0 Å². The Labute approximate surface area is 158 Å². The van der Waals surface area contributed by atoms with Crippen LogP contribution in [0.1, 0.15) is 48.0 Å². The van der Waals surface area contributed by atoms with Crippen LogP contribution in [0.25, 0.3) is 0 Å². The predicted octanol–water partition coefficient (Wildman–Crippen LogP) is 3.03. The summed E-state index contributed by atoms with van der Waals surface area (Å²) in [6.07, 6.45) is 4.90. The maximum Gasteiger partial charge on any atom is 0.220 e. The largest absolute Gasteiger partial charge is 0.369 e.